The van der Waals surface area contributed by atoms with Crippen molar-refractivity contribution >= 4 is 26.8 Å². The molecule has 0 saturated carbocycles. The van der Waals surface area contributed by atoms with E-state index >= 15 is 0 Å². The smallest absolute Gasteiger partial charge is 0.253 e. The van der Waals surface area contributed by atoms with Gasteiger partial charge in [0.2, 0.25) is 6.36 Å². The minimum atomic E-state index is -3.09. The van der Waals surface area contributed by atoms with E-state index in [1.807, 2.05) is 24.6 Å². The van der Waals surface area contributed by atoms with Crippen molar-refractivity contribution in [3.05, 3.63) is 42.1 Å². The maximum absolute atomic E-state index is 13.3. The number of pyridine rings is 1. The van der Waals surface area contributed by atoms with Gasteiger partial charge in [-0.15, -0.1) is 0 Å². The van der Waals surface area contributed by atoms with Crippen LogP contribution >= 0.6 is 0 Å². The third-order valence-corrected chi connectivity index (χ3v) is 7.87. The normalized spacial score (nSPS) is 18.3. The summed E-state index contributed by atoms with van der Waals surface area (Å²) in [6.07, 6.45) is 0.830. The van der Waals surface area contributed by atoms with Gasteiger partial charge in [0.25, 0.3) is 5.91 Å². The lowest BCUT2D eigenvalue weighted by Crippen LogP contribution is -2.63. The third-order valence-electron chi connectivity index (χ3n) is 5.72. The van der Waals surface area contributed by atoms with E-state index in [2.05, 4.69) is 10.3 Å². The Hall–Kier alpha value is -3.01. The minimum absolute atomic E-state index is 0.0425. The van der Waals surface area contributed by atoms with Crippen LogP contribution in [-0.4, -0.2) is 52.5 Å². The van der Waals surface area contributed by atoms with Gasteiger partial charge < -0.3 is 10.1 Å². The quantitative estimate of drug-likeness (QED) is 0.560. The van der Waals surface area contributed by atoms with Gasteiger partial charge in [-0.05, 0) is 38.5 Å². The molecule has 2 atom stereocenters. The molecule has 1 fully saturated rings. The van der Waals surface area contributed by atoms with Gasteiger partial charge in [-0.2, -0.15) is 5.10 Å². The summed E-state index contributed by atoms with van der Waals surface area (Å²) in [6, 6.07) is 8.75. The zero-order chi connectivity index (χ0) is 24.0. The SMILES string of the molecule is CC[C@@H](C)n1nc(-c2cccc(OC(C)F)c2)c2ncc(C(=O)NC3(C)CS(=O)(=O)C3)cc21. The number of hydrogen-bond acceptors (Lipinski definition) is 6. The fourth-order valence-corrected chi connectivity index (χ4v) is 6.10. The number of nitrogens with zero attached hydrogens (tertiary/aromatic N) is 3. The fourth-order valence-electron chi connectivity index (χ4n) is 4.10. The number of nitrogens with one attached hydrogen (secondary N) is 1. The number of ether oxygens (including phenoxy) is 1. The Kier molecular flexibility index (Phi) is 5.90. The minimum Gasteiger partial charge on any atom is -0.461 e. The lowest BCUT2D eigenvalue weighted by atomic mass is 10.1. The number of benzene rings is 1. The van der Waals surface area contributed by atoms with Gasteiger partial charge in [0.1, 0.15) is 17.0 Å². The molecular formula is C23H27FN4O4S. The zero-order valence-electron chi connectivity index (χ0n) is 19.0. The summed E-state index contributed by atoms with van der Waals surface area (Å²) in [7, 11) is -3.09. The Balaban J connectivity index is 1.73. The molecule has 3 heterocycles. The maximum atomic E-state index is 13.3. The van der Waals surface area contributed by atoms with Crippen LogP contribution in [0.5, 0.6) is 5.75 Å². The van der Waals surface area contributed by atoms with Crippen molar-refractivity contribution in [2.75, 3.05) is 11.5 Å². The van der Waals surface area contributed by atoms with Crippen LogP contribution in [0.15, 0.2) is 36.5 Å². The van der Waals surface area contributed by atoms with Crippen LogP contribution in [0.4, 0.5) is 4.39 Å². The topological polar surface area (TPSA) is 103 Å². The predicted octanol–water partition coefficient (Wildman–Crippen LogP) is 3.68. The summed E-state index contributed by atoms with van der Waals surface area (Å²) < 4.78 is 43.4. The highest BCUT2D eigenvalue weighted by atomic mass is 32.2. The summed E-state index contributed by atoms with van der Waals surface area (Å²) in [5.74, 6) is -0.153. The van der Waals surface area contributed by atoms with E-state index in [1.54, 1.807) is 31.2 Å². The Bertz CT molecular complexity index is 1310. The number of rotatable bonds is 7. The Morgan fingerprint density at radius 3 is 2.67 bits per heavy atom. The average molecular weight is 475 g/mol. The first-order valence-electron chi connectivity index (χ1n) is 10.8. The van der Waals surface area contributed by atoms with Crippen LogP contribution in [-0.2, 0) is 9.84 Å². The number of carbonyl (C=O) groups is 1. The molecule has 8 nitrogen and oxygen atoms in total. The average Bonchev–Trinajstić information content (AvgIpc) is 3.10. The molecule has 4 rings (SSSR count). The Morgan fingerprint density at radius 2 is 2.03 bits per heavy atom. The van der Waals surface area contributed by atoms with E-state index in [0.29, 0.717) is 28.0 Å². The molecule has 0 aliphatic carbocycles. The van der Waals surface area contributed by atoms with Gasteiger partial charge in [-0.25, -0.2) is 12.8 Å². The first kappa shape index (κ1) is 23.2. The number of carbonyl (C=O) groups excluding carboxylic acids is 1. The van der Waals surface area contributed by atoms with E-state index in [-0.39, 0.29) is 23.5 Å². The summed E-state index contributed by atoms with van der Waals surface area (Å²) in [5, 5.41) is 7.58. The van der Waals surface area contributed by atoms with Crippen molar-refractivity contribution in [3.8, 4) is 17.0 Å². The lowest BCUT2D eigenvalue weighted by Gasteiger charge is -2.38. The summed E-state index contributed by atoms with van der Waals surface area (Å²) >= 11 is 0. The molecule has 0 radical (unpaired) electrons. The predicted molar refractivity (Wildman–Crippen MR) is 124 cm³/mol. The monoisotopic (exact) mass is 474 g/mol. The molecule has 1 saturated heterocycles. The van der Waals surface area contributed by atoms with E-state index < -0.39 is 21.7 Å². The van der Waals surface area contributed by atoms with Gasteiger partial charge in [0.05, 0.1) is 28.1 Å². The molecular weight excluding hydrogens is 447 g/mol. The van der Waals surface area contributed by atoms with E-state index in [9.17, 15) is 17.6 Å². The van der Waals surface area contributed by atoms with Gasteiger partial charge in [0.15, 0.2) is 9.84 Å². The van der Waals surface area contributed by atoms with Crippen LogP contribution in [0, 0.1) is 0 Å². The molecule has 10 heteroatoms. The van der Waals surface area contributed by atoms with Crippen LogP contribution in [0.25, 0.3) is 22.3 Å². The Morgan fingerprint density at radius 1 is 1.30 bits per heavy atom. The first-order valence-corrected chi connectivity index (χ1v) is 12.6. The highest BCUT2D eigenvalue weighted by Crippen LogP contribution is 2.32. The highest BCUT2D eigenvalue weighted by Gasteiger charge is 2.45. The molecule has 1 N–H and O–H groups in total. The maximum Gasteiger partial charge on any atom is 0.253 e. The first-order chi connectivity index (χ1) is 15.5. The van der Waals surface area contributed by atoms with E-state index in [0.717, 1.165) is 12.0 Å². The molecule has 1 amide bonds. The van der Waals surface area contributed by atoms with Crippen LogP contribution in [0.2, 0.25) is 0 Å². The van der Waals surface area contributed by atoms with Gasteiger partial charge in [0, 0.05) is 24.7 Å². The van der Waals surface area contributed by atoms with E-state index in [1.165, 1.54) is 13.1 Å². The molecule has 2 aromatic heterocycles. The van der Waals surface area contributed by atoms with Gasteiger partial charge in [-0.1, -0.05) is 19.1 Å². The molecule has 1 aliphatic heterocycles. The van der Waals surface area contributed by atoms with Crippen molar-refractivity contribution in [1.29, 1.82) is 0 Å². The number of fused-ring (bicyclic) bond motifs is 1. The van der Waals surface area contributed by atoms with Crippen molar-refractivity contribution in [2.24, 2.45) is 0 Å². The largest absolute Gasteiger partial charge is 0.461 e. The summed E-state index contributed by atoms with van der Waals surface area (Å²) in [5.41, 5.74) is 2.16. The number of sulfone groups is 1. The third kappa shape index (κ3) is 4.71. The van der Waals surface area contributed by atoms with Crippen LogP contribution in [0.1, 0.15) is 50.5 Å². The number of hydrogen-bond donors (Lipinski definition) is 1. The van der Waals surface area contributed by atoms with Gasteiger partial charge >= 0.3 is 0 Å². The Labute approximate surface area is 192 Å². The molecule has 0 bridgehead atoms. The van der Waals surface area contributed by atoms with E-state index in [4.69, 9.17) is 9.84 Å². The second kappa shape index (κ2) is 8.40. The van der Waals surface area contributed by atoms with Crippen LogP contribution in [0.3, 0.4) is 0 Å². The summed E-state index contributed by atoms with van der Waals surface area (Å²) in [4.78, 5) is 17.4. The number of alkyl halides is 1. The second-order valence-electron chi connectivity index (χ2n) is 8.88. The standard InChI is InChI=1S/C23H27FN4O4S/c1-5-14(2)28-19-10-17(22(29)26-23(4)12-33(30,31)13-23)11-25-21(19)20(27-28)16-7-6-8-18(9-16)32-15(3)24/h6-11,14-15H,5,12-13H2,1-4H3,(H,26,29)/t14-,15?/m1/s1. The highest BCUT2D eigenvalue weighted by molar-refractivity contribution is 7.93. The van der Waals surface area contributed by atoms with Crippen molar-refractivity contribution in [3.63, 3.8) is 0 Å². The molecule has 3 aromatic rings. The molecule has 1 unspecified atom stereocenters. The number of amides is 1. The van der Waals surface area contributed by atoms with Crippen LogP contribution < -0.4 is 10.1 Å². The summed E-state index contributed by atoms with van der Waals surface area (Å²) in [6.45, 7) is 7.09. The lowest BCUT2D eigenvalue weighted by molar-refractivity contribution is 0.0860. The van der Waals surface area contributed by atoms with Crippen molar-refractivity contribution < 1.29 is 22.3 Å². The molecule has 0 spiro atoms. The fraction of sp³-hybridized carbons (Fsp3) is 0.435. The number of aromatic nitrogens is 3. The molecule has 1 aliphatic rings. The van der Waals surface area contributed by atoms with Crippen molar-refractivity contribution in [1.82, 2.24) is 20.1 Å². The second-order valence-corrected chi connectivity index (χ2v) is 10.9. The van der Waals surface area contributed by atoms with Gasteiger partial charge in [-0.3, -0.25) is 14.5 Å². The number of halogens is 1. The zero-order valence-corrected chi connectivity index (χ0v) is 19.8. The van der Waals surface area contributed by atoms with Crippen molar-refractivity contribution in [2.45, 2.75) is 52.1 Å². The molecule has 33 heavy (non-hydrogen) atoms. The molecule has 176 valence electrons. The molecule has 1 aromatic carbocycles.